The van der Waals surface area contributed by atoms with E-state index in [2.05, 4.69) is 10.1 Å². The first-order chi connectivity index (χ1) is 9.90. The molecule has 21 heavy (non-hydrogen) atoms. The Morgan fingerprint density at radius 3 is 2.52 bits per heavy atom. The van der Waals surface area contributed by atoms with Crippen LogP contribution in [0.5, 0.6) is 11.5 Å². The lowest BCUT2D eigenvalue weighted by Gasteiger charge is -2.34. The van der Waals surface area contributed by atoms with Crippen molar-refractivity contribution < 1.29 is 27.4 Å². The molecule has 0 amide bonds. The van der Waals surface area contributed by atoms with E-state index in [-0.39, 0.29) is 11.3 Å². The number of phenols is 1. The van der Waals surface area contributed by atoms with Crippen LogP contribution in [0.3, 0.4) is 0 Å². The van der Waals surface area contributed by atoms with E-state index < -0.39 is 24.8 Å². The molecule has 1 aliphatic heterocycles. The summed E-state index contributed by atoms with van der Waals surface area (Å²) in [6, 6.07) is 2.33. The number of nitrogens with zero attached hydrogens (tertiary/aromatic N) is 1. The molecule has 2 rings (SSSR count). The molecule has 0 spiro atoms. The zero-order valence-corrected chi connectivity index (χ0v) is 11.2. The zero-order valence-electron chi connectivity index (χ0n) is 11.2. The van der Waals surface area contributed by atoms with E-state index in [1.165, 1.54) is 0 Å². The topological polar surface area (TPSA) is 44.7 Å². The van der Waals surface area contributed by atoms with Gasteiger partial charge in [0.05, 0.1) is 6.04 Å². The molecule has 1 fully saturated rings. The standard InChI is InChI=1S/C13H16F4N2O2/c14-8-11(19-5-3-18-4-6-19)10-7-9(1-2-12(10)20)21-13(15,16)17/h1-2,7,11,18,20H,3-6,8H2/t11-/m1/s1. The fourth-order valence-electron chi connectivity index (χ4n) is 2.37. The van der Waals surface area contributed by atoms with Crippen LogP contribution < -0.4 is 10.1 Å². The van der Waals surface area contributed by atoms with Crippen LogP contribution >= 0.6 is 0 Å². The van der Waals surface area contributed by atoms with Crippen LogP contribution in [0, 0.1) is 0 Å². The molecule has 1 aliphatic rings. The Bertz CT molecular complexity index is 476. The van der Waals surface area contributed by atoms with Crippen molar-refractivity contribution in [2.24, 2.45) is 0 Å². The van der Waals surface area contributed by atoms with Gasteiger partial charge in [0.25, 0.3) is 0 Å². The van der Waals surface area contributed by atoms with Gasteiger partial charge in [0.15, 0.2) is 0 Å². The summed E-state index contributed by atoms with van der Waals surface area (Å²) in [5, 5.41) is 12.9. The van der Waals surface area contributed by atoms with Gasteiger partial charge in [-0.15, -0.1) is 13.2 Å². The van der Waals surface area contributed by atoms with Crippen molar-refractivity contribution in [2.75, 3.05) is 32.9 Å². The number of alkyl halides is 4. The number of rotatable bonds is 4. The van der Waals surface area contributed by atoms with Crippen molar-refractivity contribution in [3.8, 4) is 11.5 Å². The minimum atomic E-state index is -4.82. The van der Waals surface area contributed by atoms with E-state index in [4.69, 9.17) is 0 Å². The first-order valence-corrected chi connectivity index (χ1v) is 6.50. The Morgan fingerprint density at radius 1 is 1.29 bits per heavy atom. The molecule has 0 saturated carbocycles. The van der Waals surface area contributed by atoms with Crippen molar-refractivity contribution in [1.29, 1.82) is 0 Å². The second-order valence-corrected chi connectivity index (χ2v) is 4.72. The van der Waals surface area contributed by atoms with E-state index in [9.17, 15) is 22.7 Å². The van der Waals surface area contributed by atoms with Gasteiger partial charge in [0.1, 0.15) is 18.2 Å². The molecule has 0 unspecified atom stereocenters. The molecule has 118 valence electrons. The van der Waals surface area contributed by atoms with Crippen LogP contribution in [0.15, 0.2) is 18.2 Å². The van der Waals surface area contributed by atoms with E-state index in [0.29, 0.717) is 26.2 Å². The van der Waals surface area contributed by atoms with Gasteiger partial charge in [-0.1, -0.05) is 0 Å². The maximum atomic E-state index is 13.3. The molecule has 2 N–H and O–H groups in total. The molecule has 1 saturated heterocycles. The Morgan fingerprint density at radius 2 is 1.95 bits per heavy atom. The highest BCUT2D eigenvalue weighted by Gasteiger charge is 2.32. The van der Waals surface area contributed by atoms with Gasteiger partial charge >= 0.3 is 6.36 Å². The Hall–Kier alpha value is -1.54. The van der Waals surface area contributed by atoms with Gasteiger partial charge in [0, 0.05) is 31.7 Å². The van der Waals surface area contributed by atoms with Crippen molar-refractivity contribution >= 4 is 0 Å². The summed E-state index contributed by atoms with van der Waals surface area (Å²) >= 11 is 0. The van der Waals surface area contributed by atoms with Gasteiger partial charge < -0.3 is 15.2 Å². The summed E-state index contributed by atoms with van der Waals surface area (Å²) < 4.78 is 53.9. The Balaban J connectivity index is 2.24. The fraction of sp³-hybridized carbons (Fsp3) is 0.538. The number of halogens is 4. The van der Waals surface area contributed by atoms with Crippen LogP contribution in [0.1, 0.15) is 11.6 Å². The second-order valence-electron chi connectivity index (χ2n) is 4.72. The highest BCUT2D eigenvalue weighted by molar-refractivity contribution is 5.41. The lowest BCUT2D eigenvalue weighted by Crippen LogP contribution is -2.45. The third-order valence-corrected chi connectivity index (χ3v) is 3.33. The van der Waals surface area contributed by atoms with Crippen molar-refractivity contribution in [3.63, 3.8) is 0 Å². The predicted molar refractivity (Wildman–Crippen MR) is 67.9 cm³/mol. The number of hydrogen-bond donors (Lipinski definition) is 2. The average Bonchev–Trinajstić information content (AvgIpc) is 2.43. The van der Waals surface area contributed by atoms with E-state index in [1.54, 1.807) is 4.90 Å². The van der Waals surface area contributed by atoms with Crippen molar-refractivity contribution in [1.82, 2.24) is 10.2 Å². The quantitative estimate of drug-likeness (QED) is 0.837. The van der Waals surface area contributed by atoms with Gasteiger partial charge in [-0.05, 0) is 18.2 Å². The first kappa shape index (κ1) is 15.8. The summed E-state index contributed by atoms with van der Waals surface area (Å²) in [4.78, 5) is 1.78. The number of hydrogen-bond acceptors (Lipinski definition) is 4. The number of piperazine rings is 1. The third-order valence-electron chi connectivity index (χ3n) is 3.33. The summed E-state index contributed by atoms with van der Waals surface area (Å²) in [5.41, 5.74) is 0.0983. The maximum Gasteiger partial charge on any atom is 0.573 e. The highest BCUT2D eigenvalue weighted by Crippen LogP contribution is 2.34. The molecule has 1 aromatic rings. The Labute approximate surface area is 119 Å². The summed E-state index contributed by atoms with van der Waals surface area (Å²) in [7, 11) is 0. The molecular weight excluding hydrogens is 292 g/mol. The number of phenolic OH excluding ortho intramolecular Hbond substituents is 1. The van der Waals surface area contributed by atoms with E-state index in [0.717, 1.165) is 18.2 Å². The molecule has 1 heterocycles. The molecule has 4 nitrogen and oxygen atoms in total. The first-order valence-electron chi connectivity index (χ1n) is 6.50. The third kappa shape index (κ3) is 4.21. The Kier molecular flexibility index (Phi) is 4.89. The molecule has 0 aliphatic carbocycles. The van der Waals surface area contributed by atoms with Crippen LogP contribution in [0.4, 0.5) is 17.6 Å². The van der Waals surface area contributed by atoms with Gasteiger partial charge in [-0.2, -0.15) is 0 Å². The number of ether oxygens (including phenoxy) is 1. The minimum Gasteiger partial charge on any atom is -0.508 e. The molecule has 0 radical (unpaired) electrons. The highest BCUT2D eigenvalue weighted by atomic mass is 19.4. The average molecular weight is 308 g/mol. The molecule has 8 heteroatoms. The summed E-state index contributed by atoms with van der Waals surface area (Å²) in [6.45, 7) is 1.63. The molecule has 1 aromatic carbocycles. The largest absolute Gasteiger partial charge is 0.573 e. The predicted octanol–water partition coefficient (Wildman–Crippen LogP) is 2.21. The summed E-state index contributed by atoms with van der Waals surface area (Å²) in [5.74, 6) is -0.713. The fourth-order valence-corrected chi connectivity index (χ4v) is 2.37. The molecule has 0 aromatic heterocycles. The van der Waals surface area contributed by atoms with E-state index in [1.807, 2.05) is 0 Å². The minimum absolute atomic E-state index is 0.0983. The second kappa shape index (κ2) is 6.48. The van der Waals surface area contributed by atoms with Crippen LogP contribution in [-0.2, 0) is 0 Å². The molecule has 0 bridgehead atoms. The normalized spacial score (nSPS) is 18.5. The van der Waals surface area contributed by atoms with Crippen molar-refractivity contribution in [2.45, 2.75) is 12.4 Å². The van der Waals surface area contributed by atoms with Crippen molar-refractivity contribution in [3.05, 3.63) is 23.8 Å². The van der Waals surface area contributed by atoms with Gasteiger partial charge in [0.2, 0.25) is 0 Å². The lowest BCUT2D eigenvalue weighted by molar-refractivity contribution is -0.274. The number of aromatic hydroxyl groups is 1. The van der Waals surface area contributed by atoms with Crippen LogP contribution in [-0.4, -0.2) is 49.2 Å². The van der Waals surface area contributed by atoms with Crippen LogP contribution in [0.25, 0.3) is 0 Å². The smallest absolute Gasteiger partial charge is 0.508 e. The van der Waals surface area contributed by atoms with Gasteiger partial charge in [-0.3, -0.25) is 4.90 Å². The monoisotopic (exact) mass is 308 g/mol. The zero-order chi connectivity index (χ0) is 15.5. The van der Waals surface area contributed by atoms with E-state index >= 15 is 0 Å². The molecular formula is C13H16F4N2O2. The summed E-state index contributed by atoms with van der Waals surface area (Å²) in [6.07, 6.45) is -4.82. The number of benzene rings is 1. The molecule has 1 atom stereocenters. The van der Waals surface area contributed by atoms with Crippen LogP contribution in [0.2, 0.25) is 0 Å². The van der Waals surface area contributed by atoms with Gasteiger partial charge in [-0.25, -0.2) is 4.39 Å². The maximum absolute atomic E-state index is 13.3. The SMILES string of the molecule is Oc1ccc(OC(F)(F)F)cc1[C@@H](CF)N1CCNCC1. The number of nitrogens with one attached hydrogen (secondary N) is 1. The lowest BCUT2D eigenvalue weighted by atomic mass is 10.0.